The molecule has 0 saturated carbocycles. The average molecular weight is 226 g/mol. The second-order valence-corrected chi connectivity index (χ2v) is 3.88. The number of nitrogens with zero attached hydrogens (tertiary/aromatic N) is 2. The summed E-state index contributed by atoms with van der Waals surface area (Å²) in [6.45, 7) is 6.77. The number of piperazine rings is 1. The van der Waals surface area contributed by atoms with Crippen LogP contribution in [0, 0.1) is 0 Å². The third-order valence-corrected chi connectivity index (χ3v) is 3.01. The van der Waals surface area contributed by atoms with Gasteiger partial charge in [-0.2, -0.15) is 0 Å². The molecule has 1 rings (SSSR count). The van der Waals surface area contributed by atoms with Gasteiger partial charge in [0.1, 0.15) is 0 Å². The molecule has 0 aliphatic carbocycles. The van der Waals surface area contributed by atoms with E-state index in [2.05, 4.69) is 0 Å². The lowest BCUT2D eigenvalue weighted by Gasteiger charge is -2.36. The van der Waals surface area contributed by atoms with Crippen molar-refractivity contribution in [3.8, 4) is 0 Å². The number of amides is 2. The first kappa shape index (κ1) is 12.7. The predicted octanol–water partition coefficient (Wildman–Crippen LogP) is 0.0447. The van der Waals surface area contributed by atoms with Crippen molar-refractivity contribution in [1.29, 1.82) is 0 Å². The Hall–Kier alpha value is -1.39. The van der Waals surface area contributed by atoms with E-state index < -0.39 is 17.9 Å². The molecule has 16 heavy (non-hydrogen) atoms. The molecule has 1 aliphatic rings. The fraction of sp³-hybridized carbons (Fsp3) is 0.727. The second-order valence-electron chi connectivity index (χ2n) is 3.88. The Labute approximate surface area is 95.4 Å². The fourth-order valence-corrected chi connectivity index (χ4v) is 1.83. The molecule has 1 saturated heterocycles. The third-order valence-electron chi connectivity index (χ3n) is 3.01. The lowest BCUT2D eigenvalue weighted by atomic mass is 10.1. The molecule has 1 atom stereocenters. The Balaban J connectivity index is 2.75. The molecule has 0 aromatic rings. The third kappa shape index (κ3) is 2.23. The van der Waals surface area contributed by atoms with E-state index in [1.165, 1.54) is 9.80 Å². The molecule has 1 unspecified atom stereocenters. The average Bonchev–Trinajstić information content (AvgIpc) is 2.30. The molecular weight excluding hydrogens is 208 g/mol. The van der Waals surface area contributed by atoms with Gasteiger partial charge in [-0.1, -0.05) is 6.92 Å². The SMILES string of the molecule is CCC(=O)C(C)N1CCN(CC)C(=O)C1=O. The van der Waals surface area contributed by atoms with Gasteiger partial charge in [-0.3, -0.25) is 14.4 Å². The molecule has 0 N–H and O–H groups in total. The van der Waals surface area contributed by atoms with Crippen LogP contribution in [-0.4, -0.2) is 53.1 Å². The Bertz CT molecular complexity index is 314. The molecule has 1 heterocycles. The number of carbonyl (C=O) groups is 3. The summed E-state index contributed by atoms with van der Waals surface area (Å²) in [5.74, 6) is -1.06. The smallest absolute Gasteiger partial charge is 0.312 e. The van der Waals surface area contributed by atoms with Crippen molar-refractivity contribution in [1.82, 2.24) is 9.80 Å². The van der Waals surface area contributed by atoms with Gasteiger partial charge in [0.15, 0.2) is 5.78 Å². The summed E-state index contributed by atoms with van der Waals surface area (Å²) >= 11 is 0. The number of rotatable bonds is 4. The molecule has 90 valence electrons. The van der Waals surface area contributed by atoms with E-state index in [-0.39, 0.29) is 5.78 Å². The van der Waals surface area contributed by atoms with E-state index >= 15 is 0 Å². The summed E-state index contributed by atoms with van der Waals surface area (Å²) in [7, 11) is 0. The number of ketones is 1. The number of likely N-dealkylation sites (N-methyl/N-ethyl adjacent to an activating group) is 1. The van der Waals surface area contributed by atoms with Crippen molar-refractivity contribution in [3.05, 3.63) is 0 Å². The number of carbonyl (C=O) groups excluding carboxylic acids is 3. The summed E-state index contributed by atoms with van der Waals surface area (Å²) in [6, 6.07) is -0.486. The molecule has 0 radical (unpaired) electrons. The highest BCUT2D eigenvalue weighted by atomic mass is 16.2. The molecule has 0 aromatic carbocycles. The normalized spacial score (nSPS) is 18.9. The van der Waals surface area contributed by atoms with E-state index in [9.17, 15) is 14.4 Å². The first-order valence-corrected chi connectivity index (χ1v) is 5.65. The van der Waals surface area contributed by atoms with E-state index in [4.69, 9.17) is 0 Å². The lowest BCUT2D eigenvalue weighted by molar-refractivity contribution is -0.158. The van der Waals surface area contributed by atoms with Crippen LogP contribution in [0.1, 0.15) is 27.2 Å². The van der Waals surface area contributed by atoms with Gasteiger partial charge in [0.25, 0.3) is 0 Å². The molecule has 5 nitrogen and oxygen atoms in total. The van der Waals surface area contributed by atoms with Crippen LogP contribution in [0.3, 0.4) is 0 Å². The van der Waals surface area contributed by atoms with E-state index in [0.717, 1.165) is 0 Å². The summed E-state index contributed by atoms with van der Waals surface area (Å²) < 4.78 is 0. The molecule has 2 amide bonds. The molecule has 0 spiro atoms. The Kier molecular flexibility index (Phi) is 4.04. The van der Waals surface area contributed by atoms with Gasteiger partial charge in [0.2, 0.25) is 0 Å². The van der Waals surface area contributed by atoms with Crippen LogP contribution in [-0.2, 0) is 14.4 Å². The van der Waals surface area contributed by atoms with Gasteiger partial charge in [-0.25, -0.2) is 0 Å². The van der Waals surface area contributed by atoms with Gasteiger partial charge in [-0.15, -0.1) is 0 Å². The van der Waals surface area contributed by atoms with E-state index in [1.807, 2.05) is 6.92 Å². The molecule has 1 aliphatic heterocycles. The van der Waals surface area contributed by atoms with Gasteiger partial charge in [0, 0.05) is 26.1 Å². The largest absolute Gasteiger partial charge is 0.333 e. The zero-order valence-corrected chi connectivity index (χ0v) is 10.0. The van der Waals surface area contributed by atoms with E-state index in [1.54, 1.807) is 13.8 Å². The molecular formula is C11H18N2O3. The van der Waals surface area contributed by atoms with Crippen LogP contribution < -0.4 is 0 Å². The van der Waals surface area contributed by atoms with Gasteiger partial charge in [-0.05, 0) is 13.8 Å². The van der Waals surface area contributed by atoms with Crippen LogP contribution in [0.4, 0.5) is 0 Å². The standard InChI is InChI=1S/C11H18N2O3/c1-4-9(14)8(3)13-7-6-12(5-2)10(15)11(13)16/h8H,4-7H2,1-3H3. The topological polar surface area (TPSA) is 57.7 Å². The minimum absolute atomic E-state index is 0.00824. The second kappa shape index (κ2) is 5.09. The Morgan fingerprint density at radius 2 is 1.88 bits per heavy atom. The number of hydrogen-bond donors (Lipinski definition) is 0. The number of Topliss-reactive ketones (excluding diaryl/α,β-unsaturated/α-hetero) is 1. The van der Waals surface area contributed by atoms with Crippen molar-refractivity contribution in [3.63, 3.8) is 0 Å². The van der Waals surface area contributed by atoms with Crippen LogP contribution in [0.25, 0.3) is 0 Å². The summed E-state index contributed by atoms with van der Waals surface area (Å²) in [5.41, 5.74) is 0. The summed E-state index contributed by atoms with van der Waals surface area (Å²) in [4.78, 5) is 37.7. The minimum atomic E-state index is -0.553. The Morgan fingerprint density at radius 3 is 2.38 bits per heavy atom. The molecule has 1 fully saturated rings. The lowest BCUT2D eigenvalue weighted by Crippen LogP contribution is -2.58. The van der Waals surface area contributed by atoms with Crippen LogP contribution in [0.15, 0.2) is 0 Å². The van der Waals surface area contributed by atoms with Gasteiger partial charge in [0.05, 0.1) is 6.04 Å². The van der Waals surface area contributed by atoms with Crippen molar-refractivity contribution < 1.29 is 14.4 Å². The summed E-state index contributed by atoms with van der Waals surface area (Å²) in [5, 5.41) is 0. The first-order valence-electron chi connectivity index (χ1n) is 5.65. The predicted molar refractivity (Wildman–Crippen MR) is 58.7 cm³/mol. The number of hydrogen-bond acceptors (Lipinski definition) is 3. The fourth-order valence-electron chi connectivity index (χ4n) is 1.83. The maximum absolute atomic E-state index is 11.7. The van der Waals surface area contributed by atoms with Crippen molar-refractivity contribution >= 4 is 17.6 Å². The first-order chi connectivity index (χ1) is 7.52. The van der Waals surface area contributed by atoms with Gasteiger partial charge >= 0.3 is 11.8 Å². The van der Waals surface area contributed by atoms with Gasteiger partial charge < -0.3 is 9.80 Å². The molecule has 5 heteroatoms. The van der Waals surface area contributed by atoms with Crippen molar-refractivity contribution in [2.24, 2.45) is 0 Å². The highest BCUT2D eigenvalue weighted by Gasteiger charge is 2.35. The van der Waals surface area contributed by atoms with E-state index in [0.29, 0.717) is 26.1 Å². The highest BCUT2D eigenvalue weighted by Crippen LogP contribution is 2.10. The Morgan fingerprint density at radius 1 is 1.25 bits per heavy atom. The quantitative estimate of drug-likeness (QED) is 0.636. The molecule has 0 aromatic heterocycles. The van der Waals surface area contributed by atoms with Crippen molar-refractivity contribution in [2.75, 3.05) is 19.6 Å². The summed E-state index contributed by atoms with van der Waals surface area (Å²) in [6.07, 6.45) is 0.386. The zero-order valence-electron chi connectivity index (χ0n) is 10.0. The van der Waals surface area contributed by atoms with Crippen LogP contribution >= 0.6 is 0 Å². The van der Waals surface area contributed by atoms with Crippen LogP contribution in [0.2, 0.25) is 0 Å². The maximum Gasteiger partial charge on any atom is 0.312 e. The monoisotopic (exact) mass is 226 g/mol. The van der Waals surface area contributed by atoms with Crippen molar-refractivity contribution in [2.45, 2.75) is 33.2 Å². The van der Waals surface area contributed by atoms with Crippen LogP contribution in [0.5, 0.6) is 0 Å². The zero-order chi connectivity index (χ0) is 12.3. The maximum atomic E-state index is 11.7. The molecule has 0 bridgehead atoms. The highest BCUT2D eigenvalue weighted by molar-refractivity contribution is 6.35. The minimum Gasteiger partial charge on any atom is -0.333 e.